The lowest BCUT2D eigenvalue weighted by molar-refractivity contribution is -0.347. The highest BCUT2D eigenvalue weighted by Crippen LogP contribution is 2.52. The molecule has 13 nitrogen and oxygen atoms in total. The van der Waals surface area contributed by atoms with E-state index in [1.54, 1.807) is 24.3 Å². The maximum Gasteiger partial charge on any atom is 0.475 e. The standard InChI is InChI=1S/C49H61O13P/c1-34-36(3)45(48(55-28-18-27-44(50)53-5)59-42(34)32-54-29-38-19-10-6-11-20-38)62-49-46(61-47(51)41-25-16-9-17-26-41)37(4)35(2)43(60-49)33-58-63(52,56-30-39-21-12-7-13-22-39)57-31-40-23-14-8-15-24-40/h6-17,19-26,34-37,42-43,45-46,48-49H,18,27-33H2,1-5H3/t34-,35-,36-,37-,42?,43?,45?,46?,48+,49+/m0/s1. The molecule has 0 bridgehead atoms. The molecule has 0 radical (unpaired) electrons. The summed E-state index contributed by atoms with van der Waals surface area (Å²) < 4.78 is 76.2. The van der Waals surface area contributed by atoms with Crippen molar-refractivity contribution in [1.29, 1.82) is 0 Å². The van der Waals surface area contributed by atoms with Crippen molar-refractivity contribution in [1.82, 2.24) is 0 Å². The number of phosphoric acid groups is 1. The highest BCUT2D eigenvalue weighted by molar-refractivity contribution is 7.48. The van der Waals surface area contributed by atoms with Gasteiger partial charge in [-0.25, -0.2) is 9.36 Å². The van der Waals surface area contributed by atoms with E-state index in [0.29, 0.717) is 25.2 Å². The summed E-state index contributed by atoms with van der Waals surface area (Å²) in [7, 11) is -2.83. The molecule has 2 aliphatic heterocycles. The van der Waals surface area contributed by atoms with Crippen molar-refractivity contribution in [3.63, 3.8) is 0 Å². The van der Waals surface area contributed by atoms with Gasteiger partial charge in [0.25, 0.3) is 0 Å². The second-order valence-electron chi connectivity index (χ2n) is 16.2. The third-order valence-electron chi connectivity index (χ3n) is 11.9. The van der Waals surface area contributed by atoms with Gasteiger partial charge in [0.2, 0.25) is 0 Å². The third kappa shape index (κ3) is 14.1. The molecule has 0 aliphatic carbocycles. The molecule has 14 heteroatoms. The van der Waals surface area contributed by atoms with E-state index in [4.69, 9.17) is 46.7 Å². The summed E-state index contributed by atoms with van der Waals surface area (Å²) in [4.78, 5) is 25.6. The minimum Gasteiger partial charge on any atom is -0.469 e. The minimum absolute atomic E-state index is 0.00923. The fourth-order valence-corrected chi connectivity index (χ4v) is 8.70. The van der Waals surface area contributed by atoms with Crippen molar-refractivity contribution < 1.29 is 60.9 Å². The van der Waals surface area contributed by atoms with Crippen molar-refractivity contribution in [2.75, 3.05) is 26.9 Å². The Bertz CT molecular complexity index is 1960. The Morgan fingerprint density at radius 3 is 1.63 bits per heavy atom. The zero-order chi connectivity index (χ0) is 44.6. The maximum absolute atomic E-state index is 14.4. The molecule has 0 aromatic heterocycles. The van der Waals surface area contributed by atoms with E-state index >= 15 is 0 Å². The molecule has 10 atom stereocenters. The number of phosphoric ester groups is 1. The predicted molar refractivity (Wildman–Crippen MR) is 234 cm³/mol. The van der Waals surface area contributed by atoms with Gasteiger partial charge in [-0.05, 0) is 53.0 Å². The van der Waals surface area contributed by atoms with Crippen LogP contribution in [0.15, 0.2) is 121 Å². The van der Waals surface area contributed by atoms with Crippen LogP contribution in [0.2, 0.25) is 0 Å². The van der Waals surface area contributed by atoms with E-state index in [9.17, 15) is 14.2 Å². The van der Waals surface area contributed by atoms with Crippen molar-refractivity contribution >= 4 is 19.8 Å². The highest BCUT2D eigenvalue weighted by atomic mass is 31.2. The van der Waals surface area contributed by atoms with Crippen LogP contribution in [0.3, 0.4) is 0 Å². The van der Waals surface area contributed by atoms with Crippen LogP contribution in [0.4, 0.5) is 0 Å². The molecule has 4 unspecified atom stereocenters. The van der Waals surface area contributed by atoms with Gasteiger partial charge in [-0.2, -0.15) is 0 Å². The number of rotatable bonds is 22. The molecule has 0 saturated carbocycles. The molecule has 340 valence electrons. The van der Waals surface area contributed by atoms with Crippen molar-refractivity contribution in [2.24, 2.45) is 23.7 Å². The van der Waals surface area contributed by atoms with Gasteiger partial charge in [-0.3, -0.25) is 18.4 Å². The summed E-state index contributed by atoms with van der Waals surface area (Å²) >= 11 is 0. The Hall–Kier alpha value is -4.27. The number of hydrogen-bond donors (Lipinski definition) is 0. The lowest BCUT2D eigenvalue weighted by atomic mass is 9.82. The lowest BCUT2D eigenvalue weighted by Gasteiger charge is -2.49. The quantitative estimate of drug-likeness (QED) is 0.0421. The molecule has 2 fully saturated rings. The molecule has 0 N–H and O–H groups in total. The lowest BCUT2D eigenvalue weighted by Crippen LogP contribution is -2.58. The molecule has 6 rings (SSSR count). The highest BCUT2D eigenvalue weighted by Gasteiger charge is 2.50. The molecule has 2 saturated heterocycles. The van der Waals surface area contributed by atoms with E-state index in [-0.39, 0.29) is 68.6 Å². The van der Waals surface area contributed by atoms with Crippen LogP contribution in [-0.2, 0) is 75.9 Å². The zero-order valence-corrected chi connectivity index (χ0v) is 37.6. The molecule has 2 aliphatic rings. The van der Waals surface area contributed by atoms with Crippen LogP contribution in [0.5, 0.6) is 0 Å². The topological polar surface area (TPSA) is 144 Å². The monoisotopic (exact) mass is 888 g/mol. The molecule has 63 heavy (non-hydrogen) atoms. The van der Waals surface area contributed by atoms with Crippen molar-refractivity contribution in [2.45, 2.75) is 97.4 Å². The van der Waals surface area contributed by atoms with Gasteiger partial charge in [0.1, 0.15) is 6.10 Å². The SMILES string of the molecule is COC(=O)CCCO[C@@H]1OC(COCc2ccccc2)[C@@H](C)[C@H](C)C1O[C@H]1OC(COP(=O)(OCc2ccccc2)OCc2ccccc2)[C@@H](C)[C@H](C)C1OC(=O)c1ccccc1. The van der Waals surface area contributed by atoms with Gasteiger partial charge in [-0.1, -0.05) is 137 Å². The van der Waals surface area contributed by atoms with E-state index < -0.39 is 44.7 Å². The van der Waals surface area contributed by atoms with E-state index in [1.165, 1.54) is 7.11 Å². The van der Waals surface area contributed by atoms with Crippen LogP contribution >= 0.6 is 7.82 Å². The first-order valence-corrected chi connectivity index (χ1v) is 23.1. The number of methoxy groups -OCH3 is 1. The Balaban J connectivity index is 1.22. The maximum atomic E-state index is 14.4. The second-order valence-corrected chi connectivity index (χ2v) is 17.8. The average molecular weight is 889 g/mol. The largest absolute Gasteiger partial charge is 0.475 e. The number of carbonyl (C=O) groups excluding carboxylic acids is 2. The normalized spacial score (nSPS) is 26.2. The molecule has 0 amide bonds. The zero-order valence-electron chi connectivity index (χ0n) is 36.7. The number of esters is 2. The molecule has 4 aromatic rings. The van der Waals surface area contributed by atoms with Gasteiger partial charge in [0.05, 0.1) is 64.5 Å². The number of carbonyl (C=O) groups is 2. The van der Waals surface area contributed by atoms with Crippen LogP contribution in [-0.4, -0.2) is 75.9 Å². The molecular formula is C49H61O13P. The molecule has 2 heterocycles. The number of hydrogen-bond acceptors (Lipinski definition) is 13. The second kappa shape index (κ2) is 24.1. The number of ether oxygens (including phenoxy) is 7. The predicted octanol–water partition coefficient (Wildman–Crippen LogP) is 9.34. The first kappa shape index (κ1) is 48.2. The van der Waals surface area contributed by atoms with Gasteiger partial charge in [0, 0.05) is 12.3 Å². The van der Waals surface area contributed by atoms with E-state index in [0.717, 1.165) is 16.7 Å². The summed E-state index contributed by atoms with van der Waals surface area (Å²) in [6.45, 7) is 8.74. The van der Waals surface area contributed by atoms with Crippen molar-refractivity contribution in [3.8, 4) is 0 Å². The summed E-state index contributed by atoms with van der Waals surface area (Å²) in [5.41, 5.74) is 3.01. The fraction of sp³-hybridized carbons (Fsp3) is 0.469. The first-order valence-electron chi connectivity index (χ1n) is 21.7. The third-order valence-corrected chi connectivity index (χ3v) is 13.2. The Kier molecular flexibility index (Phi) is 18.5. The van der Waals surface area contributed by atoms with E-state index in [1.807, 2.05) is 111 Å². The Morgan fingerprint density at radius 1 is 0.587 bits per heavy atom. The van der Waals surface area contributed by atoms with Crippen molar-refractivity contribution in [3.05, 3.63) is 144 Å². The smallest absolute Gasteiger partial charge is 0.469 e. The van der Waals surface area contributed by atoms with Gasteiger partial charge >= 0.3 is 19.8 Å². The molecular weight excluding hydrogens is 827 g/mol. The number of benzene rings is 4. The van der Waals surface area contributed by atoms with Gasteiger partial charge < -0.3 is 33.2 Å². The summed E-state index contributed by atoms with van der Waals surface area (Å²) in [6, 6.07) is 37.3. The first-order chi connectivity index (χ1) is 30.5. The average Bonchev–Trinajstić information content (AvgIpc) is 3.32. The van der Waals surface area contributed by atoms with E-state index in [2.05, 4.69) is 13.8 Å². The van der Waals surface area contributed by atoms with Gasteiger partial charge in [-0.15, -0.1) is 0 Å². The fourth-order valence-electron chi connectivity index (χ4n) is 7.53. The summed E-state index contributed by atoms with van der Waals surface area (Å²) in [5, 5.41) is 0. The summed E-state index contributed by atoms with van der Waals surface area (Å²) in [6.07, 6.45) is -4.15. The van der Waals surface area contributed by atoms with Crippen LogP contribution in [0.25, 0.3) is 0 Å². The Morgan fingerprint density at radius 2 is 1.08 bits per heavy atom. The molecule has 4 aromatic carbocycles. The Labute approximate surface area is 371 Å². The van der Waals surface area contributed by atoms with Crippen LogP contribution < -0.4 is 0 Å². The molecule has 0 spiro atoms. The van der Waals surface area contributed by atoms with Crippen LogP contribution in [0, 0.1) is 23.7 Å². The van der Waals surface area contributed by atoms with Gasteiger partial charge in [0.15, 0.2) is 18.7 Å². The van der Waals surface area contributed by atoms with Crippen LogP contribution in [0.1, 0.15) is 67.6 Å². The summed E-state index contributed by atoms with van der Waals surface area (Å²) in [5.74, 6) is -1.75. The minimum atomic E-state index is -4.18.